The summed E-state index contributed by atoms with van der Waals surface area (Å²) >= 11 is 0. The van der Waals surface area contributed by atoms with Gasteiger partial charge in [-0.25, -0.2) is 9.13 Å². The smallest absolute Gasteiger partial charge is 0.462 e. The van der Waals surface area contributed by atoms with Crippen LogP contribution in [0.2, 0.25) is 0 Å². The van der Waals surface area contributed by atoms with E-state index in [1.807, 2.05) is 0 Å². The fraction of sp³-hybridized carbons (Fsp3) is 0.949. The number of aliphatic hydroxyl groups is 1. The second kappa shape index (κ2) is 70.7. The van der Waals surface area contributed by atoms with Gasteiger partial charge in [-0.2, -0.15) is 0 Å². The van der Waals surface area contributed by atoms with Crippen molar-refractivity contribution in [3.05, 3.63) is 0 Å². The molecule has 0 fully saturated rings. The third-order valence-corrected chi connectivity index (χ3v) is 20.7. The van der Waals surface area contributed by atoms with E-state index in [2.05, 4.69) is 41.5 Å². The van der Waals surface area contributed by atoms with Crippen molar-refractivity contribution in [2.45, 2.75) is 432 Å². The Bertz CT molecular complexity index is 1890. The standard InChI is InChI=1S/C79H154O17P2/c1-7-10-12-14-16-18-20-22-24-26-28-30-32-37-45-51-57-63-78(83)95-74(67-89-76(81)61-55-49-43-36-31-29-27-25-23-21-19-17-15-13-11-8-2)69-93-97(85,86)91-65-73(80)66-92-98(87,88)94-70-75(68-90-77(82)62-56-50-44-40-39-41-47-53-59-71(4)5)96-79(84)64-58-52-46-38-34-33-35-42-48-54-60-72(6)9-3/h71-75,80H,7-70H2,1-6H3,(H,85,86)(H,87,88)/t72?,73-,74-,75-/m1/s1. The predicted molar refractivity (Wildman–Crippen MR) is 400 cm³/mol. The highest BCUT2D eigenvalue weighted by atomic mass is 31.2. The number of phosphoric acid groups is 2. The predicted octanol–water partition coefficient (Wildman–Crippen LogP) is 23.5. The van der Waals surface area contributed by atoms with Crippen molar-refractivity contribution in [2.75, 3.05) is 39.6 Å². The molecule has 0 heterocycles. The Kier molecular flexibility index (Phi) is 69.3. The average molecular weight is 1440 g/mol. The van der Waals surface area contributed by atoms with Crippen LogP contribution in [0.4, 0.5) is 0 Å². The van der Waals surface area contributed by atoms with Gasteiger partial charge in [-0.15, -0.1) is 0 Å². The van der Waals surface area contributed by atoms with Crippen LogP contribution < -0.4 is 0 Å². The van der Waals surface area contributed by atoms with Crippen molar-refractivity contribution in [1.29, 1.82) is 0 Å². The Morgan fingerprint density at radius 1 is 0.296 bits per heavy atom. The first-order valence-corrected chi connectivity index (χ1v) is 44.0. The molecule has 98 heavy (non-hydrogen) atoms. The van der Waals surface area contributed by atoms with Gasteiger partial charge in [0, 0.05) is 25.7 Å². The Hall–Kier alpha value is -1.94. The zero-order valence-corrected chi connectivity index (χ0v) is 65.9. The lowest BCUT2D eigenvalue weighted by Gasteiger charge is -2.21. The first-order valence-electron chi connectivity index (χ1n) is 41.0. The van der Waals surface area contributed by atoms with Crippen LogP contribution in [-0.4, -0.2) is 96.7 Å². The number of ether oxygens (including phenoxy) is 4. The van der Waals surface area contributed by atoms with Crippen LogP contribution in [0.5, 0.6) is 0 Å². The molecule has 582 valence electrons. The van der Waals surface area contributed by atoms with E-state index >= 15 is 0 Å². The molecule has 0 radical (unpaired) electrons. The van der Waals surface area contributed by atoms with E-state index in [-0.39, 0.29) is 25.7 Å². The second-order valence-electron chi connectivity index (χ2n) is 29.2. The average Bonchev–Trinajstić information content (AvgIpc) is 1.16. The number of phosphoric ester groups is 2. The molecule has 0 aliphatic carbocycles. The quantitative estimate of drug-likeness (QED) is 0.0222. The number of unbranched alkanes of at least 4 members (excludes halogenated alkanes) is 47. The fourth-order valence-corrected chi connectivity index (χ4v) is 13.7. The number of rotatable bonds is 78. The molecule has 0 bridgehead atoms. The lowest BCUT2D eigenvalue weighted by Crippen LogP contribution is -2.30. The molecule has 3 unspecified atom stereocenters. The first kappa shape index (κ1) is 96.1. The lowest BCUT2D eigenvalue weighted by atomic mass is 9.99. The van der Waals surface area contributed by atoms with Crippen molar-refractivity contribution in [2.24, 2.45) is 11.8 Å². The van der Waals surface area contributed by atoms with Gasteiger partial charge >= 0.3 is 39.5 Å². The van der Waals surface area contributed by atoms with Crippen LogP contribution in [0, 0.1) is 11.8 Å². The molecular formula is C79H154O17P2. The summed E-state index contributed by atoms with van der Waals surface area (Å²) in [5, 5.41) is 10.6. The molecule has 17 nitrogen and oxygen atoms in total. The summed E-state index contributed by atoms with van der Waals surface area (Å²) in [6.45, 7) is 9.62. The Balaban J connectivity index is 5.26. The third-order valence-electron chi connectivity index (χ3n) is 18.8. The molecule has 3 N–H and O–H groups in total. The van der Waals surface area contributed by atoms with Gasteiger partial charge in [-0.05, 0) is 37.5 Å². The molecule has 0 aromatic rings. The molecule has 0 spiro atoms. The van der Waals surface area contributed by atoms with Crippen LogP contribution in [0.15, 0.2) is 0 Å². The minimum Gasteiger partial charge on any atom is -0.462 e. The summed E-state index contributed by atoms with van der Waals surface area (Å²) in [7, 11) is -9.92. The van der Waals surface area contributed by atoms with Gasteiger partial charge in [0.05, 0.1) is 26.4 Å². The van der Waals surface area contributed by atoms with E-state index in [4.69, 9.17) is 37.0 Å². The minimum absolute atomic E-state index is 0.106. The largest absolute Gasteiger partial charge is 0.472 e. The van der Waals surface area contributed by atoms with Crippen LogP contribution in [0.25, 0.3) is 0 Å². The van der Waals surface area contributed by atoms with Gasteiger partial charge in [0.2, 0.25) is 0 Å². The SMILES string of the molecule is CCCCCCCCCCCCCCCCCCCC(=O)O[C@H](COC(=O)CCCCCCCCCCCCCCCCCC)COP(=O)(O)OC[C@@H](O)COP(=O)(O)OC[C@@H](COC(=O)CCCCCCCCCCC(C)C)OC(=O)CCCCCCCCCCCCC(C)CC. The van der Waals surface area contributed by atoms with Crippen LogP contribution in [-0.2, 0) is 65.4 Å². The Labute approximate surface area is 600 Å². The molecule has 0 saturated heterocycles. The zero-order valence-electron chi connectivity index (χ0n) is 64.1. The summed E-state index contributed by atoms with van der Waals surface area (Å²) in [6, 6.07) is 0. The highest BCUT2D eigenvalue weighted by molar-refractivity contribution is 7.47. The molecule has 0 aliphatic heterocycles. The molecule has 0 amide bonds. The van der Waals surface area contributed by atoms with Gasteiger partial charge < -0.3 is 33.8 Å². The third kappa shape index (κ3) is 71.1. The van der Waals surface area contributed by atoms with Gasteiger partial charge in [-0.1, -0.05) is 363 Å². The molecule has 0 aliphatic rings. The normalized spacial score (nSPS) is 14.2. The fourth-order valence-electron chi connectivity index (χ4n) is 12.2. The van der Waals surface area contributed by atoms with E-state index in [9.17, 15) is 43.2 Å². The van der Waals surface area contributed by atoms with Crippen LogP contribution in [0.3, 0.4) is 0 Å². The Morgan fingerprint density at radius 2 is 0.520 bits per heavy atom. The van der Waals surface area contributed by atoms with Crippen LogP contribution >= 0.6 is 15.6 Å². The maximum Gasteiger partial charge on any atom is 0.472 e. The zero-order chi connectivity index (χ0) is 72.1. The molecular weight excluding hydrogens is 1280 g/mol. The van der Waals surface area contributed by atoms with Crippen molar-refractivity contribution >= 4 is 39.5 Å². The lowest BCUT2D eigenvalue weighted by molar-refractivity contribution is -0.161. The van der Waals surface area contributed by atoms with Crippen molar-refractivity contribution in [3.8, 4) is 0 Å². The number of hydrogen-bond acceptors (Lipinski definition) is 15. The van der Waals surface area contributed by atoms with E-state index < -0.39 is 97.5 Å². The summed E-state index contributed by atoms with van der Waals surface area (Å²) in [4.78, 5) is 73.0. The summed E-state index contributed by atoms with van der Waals surface area (Å²) < 4.78 is 68.7. The molecule has 19 heteroatoms. The topological polar surface area (TPSA) is 237 Å². The Morgan fingerprint density at radius 3 is 0.776 bits per heavy atom. The van der Waals surface area contributed by atoms with Gasteiger partial charge in [0.15, 0.2) is 12.2 Å². The van der Waals surface area contributed by atoms with E-state index in [1.165, 1.54) is 231 Å². The van der Waals surface area contributed by atoms with Crippen molar-refractivity contribution in [1.82, 2.24) is 0 Å². The van der Waals surface area contributed by atoms with Gasteiger partial charge in [0.25, 0.3) is 0 Å². The first-order chi connectivity index (χ1) is 47.4. The summed E-state index contributed by atoms with van der Waals surface area (Å²) in [6.07, 6.45) is 59.5. The second-order valence-corrected chi connectivity index (χ2v) is 32.1. The van der Waals surface area contributed by atoms with Gasteiger partial charge in [0.1, 0.15) is 19.3 Å². The maximum atomic E-state index is 13.1. The molecule has 0 aromatic heterocycles. The number of esters is 4. The van der Waals surface area contributed by atoms with Gasteiger partial charge in [-0.3, -0.25) is 37.3 Å². The van der Waals surface area contributed by atoms with E-state index in [0.717, 1.165) is 102 Å². The number of carbonyl (C=O) groups excluding carboxylic acids is 4. The van der Waals surface area contributed by atoms with Crippen molar-refractivity contribution in [3.63, 3.8) is 0 Å². The van der Waals surface area contributed by atoms with Crippen molar-refractivity contribution < 1.29 is 80.2 Å². The molecule has 0 saturated carbocycles. The summed E-state index contributed by atoms with van der Waals surface area (Å²) in [5.74, 6) is -0.581. The molecule has 0 rings (SSSR count). The minimum atomic E-state index is -4.96. The highest BCUT2D eigenvalue weighted by Crippen LogP contribution is 2.45. The molecule has 6 atom stereocenters. The maximum absolute atomic E-state index is 13.1. The van der Waals surface area contributed by atoms with E-state index in [1.54, 1.807) is 0 Å². The number of aliphatic hydroxyl groups excluding tert-OH is 1. The van der Waals surface area contributed by atoms with E-state index in [0.29, 0.717) is 25.7 Å². The highest BCUT2D eigenvalue weighted by Gasteiger charge is 2.30. The number of carbonyl (C=O) groups is 4. The number of hydrogen-bond donors (Lipinski definition) is 3. The monoisotopic (exact) mass is 1440 g/mol. The summed E-state index contributed by atoms with van der Waals surface area (Å²) in [5.41, 5.74) is 0. The molecule has 0 aromatic carbocycles. The van der Waals surface area contributed by atoms with Crippen LogP contribution in [0.1, 0.15) is 414 Å².